The van der Waals surface area contributed by atoms with Crippen molar-refractivity contribution in [2.24, 2.45) is 5.73 Å². The van der Waals surface area contributed by atoms with Gasteiger partial charge >= 0.3 is 0 Å². The van der Waals surface area contributed by atoms with Crippen LogP contribution >= 0.6 is 0 Å². The first kappa shape index (κ1) is 11.7. The number of rotatable bonds is 4. The number of benzene rings is 2. The van der Waals surface area contributed by atoms with Crippen molar-refractivity contribution in [2.75, 3.05) is 7.11 Å². The lowest BCUT2D eigenvalue weighted by atomic mass is 10.0. The molecule has 2 heteroatoms. The summed E-state index contributed by atoms with van der Waals surface area (Å²) in [5.41, 5.74) is 9.38. The zero-order chi connectivity index (χ0) is 12.1. The van der Waals surface area contributed by atoms with Crippen molar-refractivity contribution < 1.29 is 4.74 Å². The van der Waals surface area contributed by atoms with E-state index in [0.717, 1.165) is 12.2 Å². The maximum absolute atomic E-state index is 5.63. The number of hydrogen-bond acceptors (Lipinski definition) is 2. The maximum atomic E-state index is 5.63. The van der Waals surface area contributed by atoms with Crippen LogP contribution in [-0.2, 0) is 13.0 Å². The maximum Gasteiger partial charge on any atom is 0.118 e. The van der Waals surface area contributed by atoms with E-state index in [1.165, 1.54) is 16.7 Å². The highest BCUT2D eigenvalue weighted by Gasteiger charge is 1.98. The van der Waals surface area contributed by atoms with Crippen LogP contribution in [0.2, 0.25) is 0 Å². The molecule has 2 aromatic rings. The largest absolute Gasteiger partial charge is 0.497 e. The Morgan fingerprint density at radius 1 is 0.941 bits per heavy atom. The molecule has 0 atom stereocenters. The van der Waals surface area contributed by atoms with Gasteiger partial charge in [0.25, 0.3) is 0 Å². The molecule has 0 saturated heterocycles. The number of hydrogen-bond donors (Lipinski definition) is 1. The van der Waals surface area contributed by atoms with Crippen molar-refractivity contribution in [3.8, 4) is 5.75 Å². The fraction of sp³-hybridized carbons (Fsp3) is 0.200. The molecule has 0 aromatic heterocycles. The predicted octanol–water partition coefficient (Wildman–Crippen LogP) is 2.74. The summed E-state index contributed by atoms with van der Waals surface area (Å²) in [5.74, 6) is 0.893. The molecule has 0 aliphatic heterocycles. The van der Waals surface area contributed by atoms with Gasteiger partial charge in [0.05, 0.1) is 7.11 Å². The third kappa shape index (κ3) is 3.08. The van der Waals surface area contributed by atoms with E-state index in [4.69, 9.17) is 10.5 Å². The summed E-state index contributed by atoms with van der Waals surface area (Å²) in [5, 5.41) is 0. The van der Waals surface area contributed by atoms with E-state index in [-0.39, 0.29) is 0 Å². The standard InChI is InChI=1S/C15H17NO/c1-17-15-7-5-12(6-8-15)9-13-3-2-4-14(10-13)11-16/h2-8,10H,9,11,16H2,1H3. The summed E-state index contributed by atoms with van der Waals surface area (Å²) in [6, 6.07) is 16.6. The van der Waals surface area contributed by atoms with Gasteiger partial charge in [-0.2, -0.15) is 0 Å². The van der Waals surface area contributed by atoms with Crippen LogP contribution in [0.4, 0.5) is 0 Å². The summed E-state index contributed by atoms with van der Waals surface area (Å²) >= 11 is 0. The summed E-state index contributed by atoms with van der Waals surface area (Å²) < 4.78 is 5.14. The molecule has 2 rings (SSSR count). The Bertz CT molecular complexity index is 477. The molecule has 0 aliphatic carbocycles. The quantitative estimate of drug-likeness (QED) is 0.871. The van der Waals surface area contributed by atoms with Gasteiger partial charge in [-0.05, 0) is 35.2 Å². The van der Waals surface area contributed by atoms with E-state index in [1.54, 1.807) is 7.11 Å². The molecule has 88 valence electrons. The Morgan fingerprint density at radius 2 is 1.65 bits per heavy atom. The zero-order valence-electron chi connectivity index (χ0n) is 10.0. The second-order valence-corrected chi connectivity index (χ2v) is 4.05. The predicted molar refractivity (Wildman–Crippen MR) is 70.1 cm³/mol. The van der Waals surface area contributed by atoms with Crippen LogP contribution in [-0.4, -0.2) is 7.11 Å². The molecule has 2 nitrogen and oxygen atoms in total. The number of nitrogens with two attached hydrogens (primary N) is 1. The van der Waals surface area contributed by atoms with Crippen LogP contribution in [0.15, 0.2) is 48.5 Å². The smallest absolute Gasteiger partial charge is 0.118 e. The number of ether oxygens (including phenoxy) is 1. The highest BCUT2D eigenvalue weighted by atomic mass is 16.5. The van der Waals surface area contributed by atoms with E-state index in [0.29, 0.717) is 6.54 Å². The lowest BCUT2D eigenvalue weighted by Gasteiger charge is -2.05. The molecule has 0 amide bonds. The van der Waals surface area contributed by atoms with Gasteiger partial charge < -0.3 is 10.5 Å². The molecule has 0 aliphatic rings. The van der Waals surface area contributed by atoms with Crippen molar-refractivity contribution in [3.05, 3.63) is 65.2 Å². The van der Waals surface area contributed by atoms with Crippen LogP contribution < -0.4 is 10.5 Å². The van der Waals surface area contributed by atoms with E-state index in [1.807, 2.05) is 12.1 Å². The molecular weight excluding hydrogens is 210 g/mol. The van der Waals surface area contributed by atoms with Gasteiger partial charge in [0, 0.05) is 6.54 Å². The highest BCUT2D eigenvalue weighted by Crippen LogP contribution is 2.15. The molecule has 2 aromatic carbocycles. The van der Waals surface area contributed by atoms with Gasteiger partial charge in [-0.1, -0.05) is 36.4 Å². The Hall–Kier alpha value is -1.80. The van der Waals surface area contributed by atoms with Crippen molar-refractivity contribution in [1.29, 1.82) is 0 Å². The Labute approximate surface area is 102 Å². The first-order valence-electron chi connectivity index (χ1n) is 5.72. The topological polar surface area (TPSA) is 35.2 Å². The van der Waals surface area contributed by atoms with E-state index < -0.39 is 0 Å². The van der Waals surface area contributed by atoms with E-state index in [2.05, 4.69) is 36.4 Å². The third-order valence-corrected chi connectivity index (χ3v) is 2.79. The summed E-state index contributed by atoms with van der Waals surface area (Å²) in [6.07, 6.45) is 0.928. The monoisotopic (exact) mass is 227 g/mol. The average molecular weight is 227 g/mol. The van der Waals surface area contributed by atoms with Crippen LogP contribution in [0.25, 0.3) is 0 Å². The molecule has 0 bridgehead atoms. The van der Waals surface area contributed by atoms with Crippen molar-refractivity contribution in [3.63, 3.8) is 0 Å². The van der Waals surface area contributed by atoms with Crippen LogP contribution in [0.3, 0.4) is 0 Å². The summed E-state index contributed by atoms with van der Waals surface area (Å²) in [7, 11) is 1.68. The molecule has 0 fully saturated rings. The van der Waals surface area contributed by atoms with Crippen LogP contribution in [0, 0.1) is 0 Å². The molecule has 2 N–H and O–H groups in total. The third-order valence-electron chi connectivity index (χ3n) is 2.79. The first-order chi connectivity index (χ1) is 8.31. The van der Waals surface area contributed by atoms with Crippen molar-refractivity contribution in [2.45, 2.75) is 13.0 Å². The summed E-state index contributed by atoms with van der Waals surface area (Å²) in [6.45, 7) is 0.594. The van der Waals surface area contributed by atoms with Crippen molar-refractivity contribution >= 4 is 0 Å². The second kappa shape index (κ2) is 5.51. The second-order valence-electron chi connectivity index (χ2n) is 4.05. The van der Waals surface area contributed by atoms with Gasteiger partial charge in [0.1, 0.15) is 5.75 Å². The van der Waals surface area contributed by atoms with Crippen LogP contribution in [0.5, 0.6) is 5.75 Å². The van der Waals surface area contributed by atoms with Crippen LogP contribution in [0.1, 0.15) is 16.7 Å². The normalized spacial score (nSPS) is 10.2. The Kier molecular flexibility index (Phi) is 3.78. The minimum Gasteiger partial charge on any atom is -0.497 e. The minimum atomic E-state index is 0.594. The first-order valence-corrected chi connectivity index (χ1v) is 5.72. The van der Waals surface area contributed by atoms with E-state index in [9.17, 15) is 0 Å². The summed E-state index contributed by atoms with van der Waals surface area (Å²) in [4.78, 5) is 0. The van der Waals surface area contributed by atoms with Gasteiger partial charge in [0.2, 0.25) is 0 Å². The lowest BCUT2D eigenvalue weighted by Crippen LogP contribution is -1.97. The molecule has 17 heavy (non-hydrogen) atoms. The molecule has 0 radical (unpaired) electrons. The Balaban J connectivity index is 2.13. The lowest BCUT2D eigenvalue weighted by molar-refractivity contribution is 0.414. The molecule has 0 spiro atoms. The van der Waals surface area contributed by atoms with E-state index >= 15 is 0 Å². The highest BCUT2D eigenvalue weighted by molar-refractivity contribution is 5.32. The van der Waals surface area contributed by atoms with Gasteiger partial charge in [0.15, 0.2) is 0 Å². The Morgan fingerprint density at radius 3 is 2.29 bits per heavy atom. The fourth-order valence-electron chi connectivity index (χ4n) is 1.85. The zero-order valence-corrected chi connectivity index (χ0v) is 10.0. The van der Waals surface area contributed by atoms with Gasteiger partial charge in [-0.25, -0.2) is 0 Å². The fourth-order valence-corrected chi connectivity index (χ4v) is 1.85. The average Bonchev–Trinajstić information content (AvgIpc) is 2.40. The van der Waals surface area contributed by atoms with Gasteiger partial charge in [-0.3, -0.25) is 0 Å². The SMILES string of the molecule is COc1ccc(Cc2cccc(CN)c2)cc1. The molecule has 0 heterocycles. The molecule has 0 saturated carbocycles. The van der Waals surface area contributed by atoms with Gasteiger partial charge in [-0.15, -0.1) is 0 Å². The van der Waals surface area contributed by atoms with Crippen molar-refractivity contribution in [1.82, 2.24) is 0 Å². The molecule has 0 unspecified atom stereocenters. The number of methoxy groups -OCH3 is 1. The molecular formula is C15H17NO. The minimum absolute atomic E-state index is 0.594.